The maximum Gasteiger partial charge on any atom is 0.0270 e. The van der Waals surface area contributed by atoms with Crippen LogP contribution in [0, 0.1) is 0 Å². The Bertz CT molecular complexity index is 598. The normalized spacial score (nSPS) is 14.9. The van der Waals surface area contributed by atoms with Crippen LogP contribution in [0.15, 0.2) is 71.6 Å². The van der Waals surface area contributed by atoms with Crippen LogP contribution >= 0.6 is 11.3 Å². The van der Waals surface area contributed by atoms with Crippen LogP contribution in [-0.2, 0) is 0 Å². The molecule has 1 heterocycles. The largest absolute Gasteiger partial charge is 0.144 e. The van der Waals surface area contributed by atoms with E-state index < -0.39 is 0 Å². The third-order valence-electron chi connectivity index (χ3n) is 3.01. The van der Waals surface area contributed by atoms with Gasteiger partial charge in [-0.3, -0.25) is 0 Å². The zero-order chi connectivity index (χ0) is 12.2. The van der Waals surface area contributed by atoms with Crippen LogP contribution in [0.2, 0.25) is 0 Å². The van der Waals surface area contributed by atoms with Crippen molar-refractivity contribution in [3.63, 3.8) is 0 Å². The molecule has 18 heavy (non-hydrogen) atoms. The Morgan fingerprint density at radius 1 is 0.944 bits per heavy atom. The van der Waals surface area contributed by atoms with Gasteiger partial charge in [0.25, 0.3) is 0 Å². The maximum absolute atomic E-state index is 2.30. The molecule has 0 spiro atoms. The molecule has 2 aromatic rings. The average Bonchev–Trinajstić information content (AvgIpc) is 3.09. The number of hydrogen-bond acceptors (Lipinski definition) is 1. The van der Waals surface area contributed by atoms with Crippen LogP contribution in [-0.4, -0.2) is 0 Å². The molecular weight excluding hydrogens is 236 g/mol. The van der Waals surface area contributed by atoms with Crippen molar-refractivity contribution in [3.05, 3.63) is 82.1 Å². The van der Waals surface area contributed by atoms with E-state index in [4.69, 9.17) is 0 Å². The number of hydrogen-bond donors (Lipinski definition) is 0. The molecule has 1 heteroatoms. The Kier molecular flexibility index (Phi) is 3.24. The van der Waals surface area contributed by atoms with Gasteiger partial charge in [-0.1, -0.05) is 54.6 Å². The lowest BCUT2D eigenvalue weighted by Crippen LogP contribution is -1.75. The van der Waals surface area contributed by atoms with Crippen molar-refractivity contribution in [2.24, 2.45) is 0 Å². The Hall–Kier alpha value is -1.86. The van der Waals surface area contributed by atoms with Crippen LogP contribution in [0.5, 0.6) is 0 Å². The molecular formula is C17H14S. The minimum atomic E-state index is 1.03. The molecule has 0 saturated heterocycles. The highest BCUT2D eigenvalue weighted by atomic mass is 32.1. The van der Waals surface area contributed by atoms with E-state index in [2.05, 4.69) is 72.1 Å². The summed E-state index contributed by atoms with van der Waals surface area (Å²) in [5, 5.41) is 2.11. The first-order valence-electron chi connectivity index (χ1n) is 6.09. The number of rotatable bonds is 3. The first-order valence-corrected chi connectivity index (χ1v) is 6.97. The summed E-state index contributed by atoms with van der Waals surface area (Å²) in [4.78, 5) is 1.31. The predicted molar refractivity (Wildman–Crippen MR) is 80.5 cm³/mol. The number of thiophene rings is 1. The summed E-state index contributed by atoms with van der Waals surface area (Å²) >= 11 is 1.77. The fourth-order valence-electron chi connectivity index (χ4n) is 2.07. The maximum atomic E-state index is 2.30. The standard InChI is InChI=1S/C17H14S/c1-2-5-15(6-3-1)16-10-8-14(13-16)9-11-17-7-4-12-18-17/h1-7,9-13H,8H2. The van der Waals surface area contributed by atoms with Crippen molar-refractivity contribution in [2.75, 3.05) is 0 Å². The van der Waals surface area contributed by atoms with Crippen LogP contribution in [0.25, 0.3) is 11.6 Å². The third kappa shape index (κ3) is 2.52. The van der Waals surface area contributed by atoms with Gasteiger partial charge >= 0.3 is 0 Å². The molecule has 1 aliphatic rings. The topological polar surface area (TPSA) is 0 Å². The molecule has 3 rings (SSSR count). The quantitative estimate of drug-likeness (QED) is 0.704. The van der Waals surface area contributed by atoms with Crippen LogP contribution in [0.3, 0.4) is 0 Å². The summed E-state index contributed by atoms with van der Waals surface area (Å²) in [6.07, 6.45) is 10.0. The van der Waals surface area contributed by atoms with Crippen molar-refractivity contribution >= 4 is 23.0 Å². The lowest BCUT2D eigenvalue weighted by atomic mass is 10.1. The molecule has 1 aromatic carbocycles. The van der Waals surface area contributed by atoms with E-state index in [0.29, 0.717) is 0 Å². The van der Waals surface area contributed by atoms with E-state index in [1.54, 1.807) is 11.3 Å². The predicted octanol–water partition coefficient (Wildman–Crippen LogP) is 5.18. The first-order chi connectivity index (χ1) is 8.92. The molecule has 0 radical (unpaired) electrons. The Labute approximate surface area is 112 Å². The van der Waals surface area contributed by atoms with Crippen LogP contribution in [0.1, 0.15) is 16.9 Å². The number of benzene rings is 1. The minimum absolute atomic E-state index is 1.03. The van der Waals surface area contributed by atoms with E-state index in [1.165, 1.54) is 21.6 Å². The summed E-state index contributed by atoms with van der Waals surface area (Å²) in [5.41, 5.74) is 4.01. The third-order valence-corrected chi connectivity index (χ3v) is 3.85. The van der Waals surface area contributed by atoms with Gasteiger partial charge in [-0.05, 0) is 40.7 Å². The summed E-state index contributed by atoms with van der Waals surface area (Å²) < 4.78 is 0. The zero-order valence-electron chi connectivity index (χ0n) is 10.0. The monoisotopic (exact) mass is 250 g/mol. The van der Waals surface area contributed by atoms with Gasteiger partial charge in [0.15, 0.2) is 0 Å². The van der Waals surface area contributed by atoms with Crippen molar-refractivity contribution in [2.45, 2.75) is 6.42 Å². The smallest absolute Gasteiger partial charge is 0.0270 e. The van der Waals surface area contributed by atoms with Gasteiger partial charge in [0.2, 0.25) is 0 Å². The molecule has 0 unspecified atom stereocenters. The fourth-order valence-corrected chi connectivity index (χ4v) is 2.69. The van der Waals surface area contributed by atoms with E-state index in [0.717, 1.165) is 6.42 Å². The highest BCUT2D eigenvalue weighted by molar-refractivity contribution is 7.10. The fraction of sp³-hybridized carbons (Fsp3) is 0.0588. The van der Waals surface area contributed by atoms with Gasteiger partial charge in [0.05, 0.1) is 0 Å². The minimum Gasteiger partial charge on any atom is -0.144 e. The molecule has 0 saturated carbocycles. The van der Waals surface area contributed by atoms with E-state index in [9.17, 15) is 0 Å². The molecule has 0 fully saturated rings. The Morgan fingerprint density at radius 3 is 2.61 bits per heavy atom. The average molecular weight is 250 g/mol. The molecule has 0 amide bonds. The molecule has 0 nitrogen and oxygen atoms in total. The van der Waals surface area contributed by atoms with E-state index in [1.807, 2.05) is 0 Å². The second kappa shape index (κ2) is 5.19. The van der Waals surface area contributed by atoms with E-state index >= 15 is 0 Å². The van der Waals surface area contributed by atoms with Gasteiger partial charge < -0.3 is 0 Å². The molecule has 88 valence electrons. The van der Waals surface area contributed by atoms with Gasteiger partial charge in [-0.25, -0.2) is 0 Å². The van der Waals surface area contributed by atoms with Crippen molar-refractivity contribution in [3.8, 4) is 0 Å². The molecule has 1 aliphatic carbocycles. The van der Waals surface area contributed by atoms with Gasteiger partial charge in [-0.2, -0.15) is 0 Å². The lowest BCUT2D eigenvalue weighted by Gasteiger charge is -1.97. The Morgan fingerprint density at radius 2 is 1.83 bits per heavy atom. The molecule has 0 bridgehead atoms. The summed E-state index contributed by atoms with van der Waals surface area (Å²) in [6.45, 7) is 0. The number of allylic oxidation sites excluding steroid dienone is 5. The summed E-state index contributed by atoms with van der Waals surface area (Å²) in [5.74, 6) is 0. The Balaban J connectivity index is 1.75. The van der Waals surface area contributed by atoms with Crippen molar-refractivity contribution in [1.82, 2.24) is 0 Å². The van der Waals surface area contributed by atoms with Crippen molar-refractivity contribution < 1.29 is 0 Å². The van der Waals surface area contributed by atoms with Gasteiger partial charge in [-0.15, -0.1) is 11.3 Å². The SMILES string of the molecule is C(=Cc1cccs1)C1=CC(c2ccccc2)=CC1. The second-order valence-corrected chi connectivity index (χ2v) is 5.28. The van der Waals surface area contributed by atoms with Gasteiger partial charge in [0.1, 0.15) is 0 Å². The summed E-state index contributed by atoms with van der Waals surface area (Å²) in [7, 11) is 0. The highest BCUT2D eigenvalue weighted by Crippen LogP contribution is 2.27. The molecule has 0 atom stereocenters. The van der Waals surface area contributed by atoms with Crippen LogP contribution in [0.4, 0.5) is 0 Å². The zero-order valence-corrected chi connectivity index (χ0v) is 10.9. The second-order valence-electron chi connectivity index (χ2n) is 4.30. The summed E-state index contributed by atoms with van der Waals surface area (Å²) in [6, 6.07) is 14.8. The van der Waals surface area contributed by atoms with Crippen molar-refractivity contribution in [1.29, 1.82) is 0 Å². The van der Waals surface area contributed by atoms with Crippen LogP contribution < -0.4 is 0 Å². The van der Waals surface area contributed by atoms with E-state index in [-0.39, 0.29) is 0 Å². The molecule has 0 aliphatic heterocycles. The molecule has 0 N–H and O–H groups in total. The molecule has 1 aromatic heterocycles. The lowest BCUT2D eigenvalue weighted by molar-refractivity contribution is 1.34. The van der Waals surface area contributed by atoms with Gasteiger partial charge in [0, 0.05) is 4.88 Å². The highest BCUT2D eigenvalue weighted by Gasteiger charge is 2.05. The first kappa shape index (κ1) is 11.2.